The first-order valence-corrected chi connectivity index (χ1v) is 14.2. The smallest absolute Gasteiger partial charge is 0.216 e. The standard InChI is InChI=1S/C24H45NO4Si/c1-17(18(2)13-14-26)11-10-12-21-19(3)15-22(23(28-21)16-25-20(4)27)29-30(8,9)24(5,6)7/h11,13,19,21-23,26H,10,12,14-16H2,1-9H3,(H,25,27)/b17-11+,18-13+/t19-,21-,22-,23+/m0/s1. The van der Waals surface area contributed by atoms with Gasteiger partial charge in [-0.2, -0.15) is 0 Å². The Morgan fingerprint density at radius 2 is 1.77 bits per heavy atom. The third-order valence-corrected chi connectivity index (χ3v) is 11.2. The van der Waals surface area contributed by atoms with Crippen LogP contribution in [0.2, 0.25) is 18.1 Å². The third kappa shape index (κ3) is 8.29. The van der Waals surface area contributed by atoms with Crippen molar-refractivity contribution in [2.75, 3.05) is 13.2 Å². The second kappa shape index (κ2) is 11.6. The van der Waals surface area contributed by atoms with Crippen LogP contribution in [0.3, 0.4) is 0 Å². The molecule has 1 amide bonds. The summed E-state index contributed by atoms with van der Waals surface area (Å²) in [5.41, 5.74) is 2.31. The summed E-state index contributed by atoms with van der Waals surface area (Å²) in [5.74, 6) is 0.362. The highest BCUT2D eigenvalue weighted by Crippen LogP contribution is 2.40. The molecule has 4 atom stereocenters. The topological polar surface area (TPSA) is 67.8 Å². The lowest BCUT2D eigenvalue weighted by Gasteiger charge is -2.46. The first kappa shape index (κ1) is 27.1. The Balaban J connectivity index is 2.85. The molecule has 1 aliphatic rings. The van der Waals surface area contributed by atoms with Crippen LogP contribution in [0, 0.1) is 5.92 Å². The zero-order chi connectivity index (χ0) is 23.1. The zero-order valence-electron chi connectivity index (χ0n) is 20.7. The quantitative estimate of drug-likeness (QED) is 0.393. The van der Waals surface area contributed by atoms with Gasteiger partial charge >= 0.3 is 0 Å². The maximum atomic E-state index is 11.5. The van der Waals surface area contributed by atoms with Crippen LogP contribution >= 0.6 is 0 Å². The number of amides is 1. The summed E-state index contributed by atoms with van der Waals surface area (Å²) in [5, 5.41) is 12.1. The predicted molar refractivity (Wildman–Crippen MR) is 127 cm³/mol. The number of hydrogen-bond acceptors (Lipinski definition) is 4. The van der Waals surface area contributed by atoms with Gasteiger partial charge in [-0.05, 0) is 57.2 Å². The Hall–Kier alpha value is -0.953. The number of carbonyl (C=O) groups excluding carboxylic acids is 1. The van der Waals surface area contributed by atoms with E-state index in [0.29, 0.717) is 12.5 Å². The summed E-state index contributed by atoms with van der Waals surface area (Å²) >= 11 is 0. The Bertz CT molecular complexity index is 621. The van der Waals surface area contributed by atoms with Gasteiger partial charge in [-0.1, -0.05) is 51.0 Å². The van der Waals surface area contributed by atoms with Crippen molar-refractivity contribution in [1.82, 2.24) is 5.32 Å². The molecule has 0 aromatic rings. The molecule has 1 heterocycles. The zero-order valence-corrected chi connectivity index (χ0v) is 21.7. The largest absolute Gasteiger partial charge is 0.411 e. The lowest BCUT2D eigenvalue weighted by atomic mass is 9.88. The summed E-state index contributed by atoms with van der Waals surface area (Å²) < 4.78 is 13.2. The molecule has 0 aromatic heterocycles. The molecule has 0 aromatic carbocycles. The van der Waals surface area contributed by atoms with Crippen LogP contribution in [0.4, 0.5) is 0 Å². The van der Waals surface area contributed by atoms with Gasteiger partial charge in [-0.25, -0.2) is 0 Å². The van der Waals surface area contributed by atoms with E-state index in [-0.39, 0.29) is 35.9 Å². The second-order valence-corrected chi connectivity index (χ2v) is 15.1. The van der Waals surface area contributed by atoms with E-state index in [2.05, 4.69) is 59.1 Å². The predicted octanol–water partition coefficient (Wildman–Crippen LogP) is 4.97. The van der Waals surface area contributed by atoms with Crippen molar-refractivity contribution in [1.29, 1.82) is 0 Å². The number of ether oxygens (including phenoxy) is 1. The van der Waals surface area contributed by atoms with Crippen molar-refractivity contribution in [2.45, 2.75) is 104 Å². The van der Waals surface area contributed by atoms with Crippen molar-refractivity contribution in [3.8, 4) is 0 Å². The molecular formula is C24H45NO4Si. The molecular weight excluding hydrogens is 394 g/mol. The molecule has 0 aliphatic carbocycles. The summed E-state index contributed by atoms with van der Waals surface area (Å²) in [4.78, 5) is 11.5. The molecule has 1 fully saturated rings. The average Bonchev–Trinajstić information content (AvgIpc) is 2.61. The van der Waals surface area contributed by atoms with E-state index < -0.39 is 8.32 Å². The molecule has 0 unspecified atom stereocenters. The van der Waals surface area contributed by atoms with Crippen molar-refractivity contribution in [3.63, 3.8) is 0 Å². The van der Waals surface area contributed by atoms with Crippen LogP contribution in [0.1, 0.15) is 67.7 Å². The Morgan fingerprint density at radius 3 is 2.30 bits per heavy atom. The molecule has 1 rings (SSSR count). The fourth-order valence-electron chi connectivity index (χ4n) is 3.49. The minimum atomic E-state index is -1.93. The lowest BCUT2D eigenvalue weighted by molar-refractivity contribution is -0.140. The van der Waals surface area contributed by atoms with Crippen LogP contribution in [-0.4, -0.2) is 50.8 Å². The van der Waals surface area contributed by atoms with Crippen molar-refractivity contribution >= 4 is 14.2 Å². The van der Waals surface area contributed by atoms with E-state index >= 15 is 0 Å². The van der Waals surface area contributed by atoms with Gasteiger partial charge in [0.15, 0.2) is 8.32 Å². The maximum Gasteiger partial charge on any atom is 0.216 e. The van der Waals surface area contributed by atoms with E-state index in [1.54, 1.807) is 6.92 Å². The van der Waals surface area contributed by atoms with Crippen molar-refractivity contribution in [2.24, 2.45) is 5.92 Å². The number of aliphatic hydroxyl groups is 1. The Morgan fingerprint density at radius 1 is 1.17 bits per heavy atom. The first-order valence-electron chi connectivity index (χ1n) is 11.3. The first-order chi connectivity index (χ1) is 13.8. The van der Waals surface area contributed by atoms with E-state index in [4.69, 9.17) is 14.3 Å². The minimum Gasteiger partial charge on any atom is -0.411 e. The molecule has 0 bridgehead atoms. The van der Waals surface area contributed by atoms with Crippen molar-refractivity contribution in [3.05, 3.63) is 23.3 Å². The SMILES string of the molecule is CC(=O)NC[C@H]1O[C@@H](CC/C=C(C)/C(C)=C/CO)[C@@H](C)C[C@@H]1O[Si](C)(C)C(C)(C)C. The molecule has 174 valence electrons. The van der Waals surface area contributed by atoms with Gasteiger partial charge in [-0.3, -0.25) is 4.79 Å². The van der Waals surface area contributed by atoms with E-state index in [9.17, 15) is 4.79 Å². The van der Waals surface area contributed by atoms with Crippen LogP contribution in [0.15, 0.2) is 23.3 Å². The molecule has 6 heteroatoms. The van der Waals surface area contributed by atoms with E-state index in [0.717, 1.165) is 24.8 Å². The van der Waals surface area contributed by atoms with Crippen LogP contribution in [-0.2, 0) is 14.0 Å². The van der Waals surface area contributed by atoms with Crippen LogP contribution in [0.25, 0.3) is 0 Å². The average molecular weight is 440 g/mol. The lowest BCUT2D eigenvalue weighted by Crippen LogP contribution is -2.54. The van der Waals surface area contributed by atoms with Gasteiger partial charge in [0, 0.05) is 13.5 Å². The minimum absolute atomic E-state index is 0.0102. The second-order valence-electron chi connectivity index (χ2n) is 10.3. The van der Waals surface area contributed by atoms with E-state index in [1.807, 2.05) is 13.0 Å². The van der Waals surface area contributed by atoms with Gasteiger partial charge in [0.25, 0.3) is 0 Å². The number of hydrogen-bond donors (Lipinski definition) is 2. The molecule has 2 N–H and O–H groups in total. The van der Waals surface area contributed by atoms with Crippen molar-refractivity contribution < 1.29 is 19.1 Å². The molecule has 5 nitrogen and oxygen atoms in total. The van der Waals surface area contributed by atoms with Gasteiger partial charge in [0.2, 0.25) is 5.91 Å². The summed E-state index contributed by atoms with van der Waals surface area (Å²) in [6.07, 6.45) is 6.91. The molecule has 0 spiro atoms. The molecule has 1 aliphatic heterocycles. The number of carbonyl (C=O) groups is 1. The van der Waals surface area contributed by atoms with Crippen LogP contribution in [0.5, 0.6) is 0 Å². The monoisotopic (exact) mass is 439 g/mol. The van der Waals surface area contributed by atoms with Gasteiger partial charge < -0.3 is 19.6 Å². The molecule has 1 saturated heterocycles. The van der Waals surface area contributed by atoms with Gasteiger partial charge in [-0.15, -0.1) is 0 Å². The maximum absolute atomic E-state index is 11.5. The molecule has 0 radical (unpaired) electrons. The third-order valence-electron chi connectivity index (χ3n) is 6.73. The summed E-state index contributed by atoms with van der Waals surface area (Å²) in [6.45, 7) is 19.7. The normalized spacial score (nSPS) is 26.6. The summed E-state index contributed by atoms with van der Waals surface area (Å²) in [6, 6.07) is 0. The summed E-state index contributed by atoms with van der Waals surface area (Å²) in [7, 11) is -1.93. The highest BCUT2D eigenvalue weighted by atomic mass is 28.4. The molecule has 0 saturated carbocycles. The van der Waals surface area contributed by atoms with Crippen LogP contribution < -0.4 is 5.32 Å². The number of aliphatic hydroxyl groups excluding tert-OH is 1. The Kier molecular flexibility index (Phi) is 10.5. The number of rotatable bonds is 9. The fourth-order valence-corrected chi connectivity index (χ4v) is 4.85. The fraction of sp³-hybridized carbons (Fsp3) is 0.792. The highest BCUT2D eigenvalue weighted by molar-refractivity contribution is 6.74. The Labute approximate surface area is 185 Å². The van der Waals surface area contributed by atoms with E-state index in [1.165, 1.54) is 5.57 Å². The number of nitrogens with one attached hydrogen (secondary N) is 1. The number of allylic oxidation sites excluding steroid dienone is 3. The highest BCUT2D eigenvalue weighted by Gasteiger charge is 2.44. The van der Waals surface area contributed by atoms with Gasteiger partial charge in [0.05, 0.1) is 18.8 Å². The van der Waals surface area contributed by atoms with Gasteiger partial charge in [0.1, 0.15) is 6.10 Å². The molecule has 30 heavy (non-hydrogen) atoms.